The second-order valence-corrected chi connectivity index (χ2v) is 6.98. The number of benzene rings is 1. The molecule has 0 saturated carbocycles. The molecule has 0 atom stereocenters. The molecule has 0 radical (unpaired) electrons. The third kappa shape index (κ3) is 3.33. The van der Waals surface area contributed by atoms with E-state index >= 15 is 0 Å². The fraction of sp³-hybridized carbons (Fsp3) is 0.350. The van der Waals surface area contributed by atoms with Crippen LogP contribution in [0.4, 0.5) is 5.82 Å². The van der Waals surface area contributed by atoms with Crippen molar-refractivity contribution in [3.05, 3.63) is 42.4 Å². The fourth-order valence-corrected chi connectivity index (χ4v) is 3.56. The maximum Gasteiger partial charge on any atom is 0.255 e. The summed E-state index contributed by atoms with van der Waals surface area (Å²) in [5.74, 6) is 1.92. The molecule has 1 aliphatic rings. The van der Waals surface area contributed by atoms with Gasteiger partial charge in [-0.05, 0) is 44.0 Å². The van der Waals surface area contributed by atoms with Gasteiger partial charge in [0.05, 0.1) is 5.69 Å². The van der Waals surface area contributed by atoms with Gasteiger partial charge in [0.1, 0.15) is 17.3 Å². The molecule has 0 bridgehead atoms. The van der Waals surface area contributed by atoms with Crippen molar-refractivity contribution in [3.8, 4) is 22.8 Å². The van der Waals surface area contributed by atoms with Crippen molar-refractivity contribution in [2.24, 2.45) is 12.8 Å². The molecule has 1 saturated heterocycles. The van der Waals surface area contributed by atoms with E-state index in [-0.39, 0.29) is 6.61 Å². The summed E-state index contributed by atoms with van der Waals surface area (Å²) in [6, 6.07) is 7.48. The number of aromatic nitrogens is 4. The Bertz CT molecular complexity index is 983. The molecule has 4 rings (SSSR count). The molecular formula is C20H24N6O2. The van der Waals surface area contributed by atoms with Crippen LogP contribution < -0.4 is 15.4 Å². The monoisotopic (exact) mass is 380 g/mol. The molecular weight excluding hydrogens is 356 g/mol. The first-order chi connectivity index (χ1) is 13.5. The largest absolute Gasteiger partial charge is 0.484 e. The number of imidazole rings is 1. The van der Waals surface area contributed by atoms with Gasteiger partial charge < -0.3 is 15.4 Å². The second kappa shape index (κ2) is 7.38. The first-order valence-electron chi connectivity index (χ1n) is 9.38. The molecule has 3 heterocycles. The predicted octanol–water partition coefficient (Wildman–Crippen LogP) is 2.05. The van der Waals surface area contributed by atoms with Gasteiger partial charge in [0.2, 0.25) is 0 Å². The van der Waals surface area contributed by atoms with E-state index in [4.69, 9.17) is 15.6 Å². The minimum atomic E-state index is -0.499. The summed E-state index contributed by atoms with van der Waals surface area (Å²) in [6.45, 7) is 3.99. The van der Waals surface area contributed by atoms with Crippen LogP contribution in [0.1, 0.15) is 18.5 Å². The van der Waals surface area contributed by atoms with Crippen molar-refractivity contribution in [2.45, 2.75) is 19.8 Å². The lowest BCUT2D eigenvalue weighted by molar-refractivity contribution is -0.119. The molecule has 28 heavy (non-hydrogen) atoms. The Balaban J connectivity index is 1.70. The fourth-order valence-electron chi connectivity index (χ4n) is 3.56. The zero-order valence-corrected chi connectivity index (χ0v) is 16.1. The first-order valence-corrected chi connectivity index (χ1v) is 9.38. The average Bonchev–Trinajstić information content (AvgIpc) is 3.42. The highest BCUT2D eigenvalue weighted by molar-refractivity contribution is 5.75. The average molecular weight is 380 g/mol. The van der Waals surface area contributed by atoms with Gasteiger partial charge in [-0.2, -0.15) is 5.10 Å². The number of primary amides is 1. The summed E-state index contributed by atoms with van der Waals surface area (Å²) in [5, 5.41) is 4.77. The van der Waals surface area contributed by atoms with Crippen LogP contribution in [0.25, 0.3) is 17.1 Å². The molecule has 8 heteroatoms. The molecule has 0 aliphatic carbocycles. The van der Waals surface area contributed by atoms with Gasteiger partial charge in [-0.25, -0.2) is 4.98 Å². The first kappa shape index (κ1) is 18.1. The Morgan fingerprint density at radius 1 is 1.21 bits per heavy atom. The third-order valence-electron chi connectivity index (χ3n) is 5.07. The molecule has 3 aromatic rings. The topological polar surface area (TPSA) is 91.2 Å². The Morgan fingerprint density at radius 3 is 2.61 bits per heavy atom. The van der Waals surface area contributed by atoms with E-state index in [1.54, 1.807) is 6.20 Å². The smallest absolute Gasteiger partial charge is 0.255 e. The molecule has 2 N–H and O–H groups in total. The highest BCUT2D eigenvalue weighted by Crippen LogP contribution is 2.32. The Kier molecular flexibility index (Phi) is 4.77. The van der Waals surface area contributed by atoms with E-state index < -0.39 is 5.91 Å². The minimum Gasteiger partial charge on any atom is -0.484 e. The van der Waals surface area contributed by atoms with E-state index in [9.17, 15) is 4.79 Å². The van der Waals surface area contributed by atoms with Crippen molar-refractivity contribution in [3.63, 3.8) is 0 Å². The standard InChI is InChI=1S/C20H24N6O2/c1-14-18(20(23-24(14)2)25-10-3-4-11-25)26-12-9-22-19(26)15-5-7-16(8-6-15)28-13-17(21)27/h5-9,12H,3-4,10-11,13H2,1-2H3,(H2,21,27). The van der Waals surface area contributed by atoms with Crippen LogP contribution in [0.15, 0.2) is 36.7 Å². The van der Waals surface area contributed by atoms with Crippen molar-refractivity contribution in [1.82, 2.24) is 19.3 Å². The lowest BCUT2D eigenvalue weighted by Crippen LogP contribution is -2.20. The van der Waals surface area contributed by atoms with Gasteiger partial charge in [0.15, 0.2) is 12.4 Å². The predicted molar refractivity (Wildman–Crippen MR) is 107 cm³/mol. The molecule has 1 fully saturated rings. The van der Waals surface area contributed by atoms with Crippen molar-refractivity contribution in [2.75, 3.05) is 24.6 Å². The molecule has 0 spiro atoms. The van der Waals surface area contributed by atoms with Crippen molar-refractivity contribution < 1.29 is 9.53 Å². The van der Waals surface area contributed by atoms with Gasteiger partial charge in [-0.15, -0.1) is 0 Å². The Morgan fingerprint density at radius 2 is 1.93 bits per heavy atom. The maximum atomic E-state index is 10.9. The highest BCUT2D eigenvalue weighted by Gasteiger charge is 2.24. The Labute approximate surface area is 163 Å². The number of hydrogen-bond acceptors (Lipinski definition) is 5. The zero-order chi connectivity index (χ0) is 19.7. The SMILES string of the molecule is Cc1c(-n2ccnc2-c2ccc(OCC(N)=O)cc2)c(N2CCCC2)nn1C. The number of carbonyl (C=O) groups is 1. The maximum absolute atomic E-state index is 10.9. The van der Waals surface area contributed by atoms with Gasteiger partial charge in [0, 0.05) is 38.1 Å². The minimum absolute atomic E-state index is 0.137. The normalized spacial score (nSPS) is 13.9. The van der Waals surface area contributed by atoms with Crippen molar-refractivity contribution >= 4 is 11.7 Å². The summed E-state index contributed by atoms with van der Waals surface area (Å²) in [4.78, 5) is 17.8. The number of amides is 1. The molecule has 1 aliphatic heterocycles. The Hall–Kier alpha value is -3.29. The van der Waals surface area contributed by atoms with Gasteiger partial charge in [-0.3, -0.25) is 14.0 Å². The van der Waals surface area contributed by atoms with Crippen LogP contribution in [0.3, 0.4) is 0 Å². The molecule has 8 nitrogen and oxygen atoms in total. The van der Waals surface area contributed by atoms with Gasteiger partial charge in [0.25, 0.3) is 5.91 Å². The number of aryl methyl sites for hydroxylation is 1. The van der Waals surface area contributed by atoms with Crippen molar-refractivity contribution in [1.29, 1.82) is 0 Å². The third-order valence-corrected chi connectivity index (χ3v) is 5.07. The molecule has 2 aromatic heterocycles. The number of ether oxygens (including phenoxy) is 1. The van der Waals surface area contributed by atoms with Crippen LogP contribution in [0, 0.1) is 6.92 Å². The van der Waals surface area contributed by atoms with Crippen LogP contribution in [-0.2, 0) is 11.8 Å². The summed E-state index contributed by atoms with van der Waals surface area (Å²) in [5.41, 5.74) is 8.22. The summed E-state index contributed by atoms with van der Waals surface area (Å²) in [7, 11) is 1.97. The van der Waals surface area contributed by atoms with E-state index in [2.05, 4.69) is 21.4 Å². The second-order valence-electron chi connectivity index (χ2n) is 6.98. The van der Waals surface area contributed by atoms with E-state index in [1.165, 1.54) is 12.8 Å². The van der Waals surface area contributed by atoms with Crippen LogP contribution in [-0.4, -0.2) is 44.9 Å². The van der Waals surface area contributed by atoms with Crippen LogP contribution in [0.5, 0.6) is 5.75 Å². The van der Waals surface area contributed by atoms with Gasteiger partial charge in [-0.1, -0.05) is 0 Å². The summed E-state index contributed by atoms with van der Waals surface area (Å²) in [6.07, 6.45) is 6.15. The molecule has 0 unspecified atom stereocenters. The lowest BCUT2D eigenvalue weighted by Gasteiger charge is -2.18. The molecule has 1 amide bonds. The number of carbonyl (C=O) groups excluding carboxylic acids is 1. The quantitative estimate of drug-likeness (QED) is 0.707. The molecule has 1 aromatic carbocycles. The number of anilines is 1. The van der Waals surface area contributed by atoms with E-state index in [0.717, 1.165) is 41.7 Å². The number of nitrogens with zero attached hydrogens (tertiary/aromatic N) is 5. The van der Waals surface area contributed by atoms with Crippen LogP contribution in [0.2, 0.25) is 0 Å². The summed E-state index contributed by atoms with van der Waals surface area (Å²) < 4.78 is 9.36. The lowest BCUT2D eigenvalue weighted by atomic mass is 10.2. The van der Waals surface area contributed by atoms with E-state index in [1.807, 2.05) is 42.2 Å². The number of hydrogen-bond donors (Lipinski definition) is 1. The molecule has 146 valence electrons. The highest BCUT2D eigenvalue weighted by atomic mass is 16.5. The zero-order valence-electron chi connectivity index (χ0n) is 16.1. The van der Waals surface area contributed by atoms with Crippen LogP contribution >= 0.6 is 0 Å². The summed E-state index contributed by atoms with van der Waals surface area (Å²) >= 11 is 0. The number of nitrogens with two attached hydrogens (primary N) is 1. The van der Waals surface area contributed by atoms with E-state index in [0.29, 0.717) is 5.75 Å². The number of rotatable bonds is 6. The van der Waals surface area contributed by atoms with Gasteiger partial charge >= 0.3 is 0 Å².